The minimum absolute atomic E-state index is 0.0132. The van der Waals surface area contributed by atoms with E-state index in [9.17, 15) is 4.79 Å². The highest BCUT2D eigenvalue weighted by atomic mass is 16.5. The monoisotopic (exact) mass is 326 g/mol. The fourth-order valence-corrected chi connectivity index (χ4v) is 2.40. The fraction of sp³-hybridized carbons (Fsp3) is 0.0870. The summed E-state index contributed by atoms with van der Waals surface area (Å²) in [6, 6.07) is 22.6. The number of carbonyl (C=O) groups excluding carboxylic acids is 1. The zero-order valence-electron chi connectivity index (χ0n) is 14.2. The average molecular weight is 326 g/mol. The number of rotatable bonds is 3. The molecule has 0 fully saturated rings. The Morgan fingerprint density at radius 2 is 1.16 bits per heavy atom. The van der Waals surface area contributed by atoms with Crippen LogP contribution in [0.5, 0.6) is 5.75 Å². The Balaban J connectivity index is 1.75. The zero-order valence-corrected chi connectivity index (χ0v) is 14.2. The Morgan fingerprint density at radius 3 is 1.64 bits per heavy atom. The zero-order chi connectivity index (χ0) is 17.6. The number of aryl methyl sites for hydroxylation is 1. The second-order valence-electron chi connectivity index (χ2n) is 5.75. The minimum Gasteiger partial charge on any atom is -0.497 e. The van der Waals surface area contributed by atoms with Crippen molar-refractivity contribution in [2.24, 2.45) is 0 Å². The van der Waals surface area contributed by atoms with Crippen LogP contribution in [-0.4, -0.2) is 12.9 Å². The summed E-state index contributed by atoms with van der Waals surface area (Å²) >= 11 is 0. The standard InChI is InChI=1S/C23H18O2/c1-17-3-5-18(6-4-17)7-8-19-9-11-20(12-10-19)23(24)21-13-15-22(25-2)16-14-21/h3-6,9-16H,1-2H3. The predicted molar refractivity (Wildman–Crippen MR) is 100 cm³/mol. The molecule has 3 aromatic carbocycles. The van der Waals surface area contributed by atoms with Crippen LogP contribution in [0.15, 0.2) is 72.8 Å². The molecular formula is C23H18O2. The average Bonchev–Trinajstić information content (AvgIpc) is 2.67. The van der Waals surface area contributed by atoms with Gasteiger partial charge in [-0.1, -0.05) is 29.5 Å². The molecule has 2 heteroatoms. The molecule has 0 aromatic heterocycles. The Morgan fingerprint density at radius 1 is 0.720 bits per heavy atom. The number of hydrogen-bond donors (Lipinski definition) is 0. The second kappa shape index (κ2) is 7.51. The van der Waals surface area contributed by atoms with E-state index in [0.29, 0.717) is 11.1 Å². The maximum Gasteiger partial charge on any atom is 0.193 e. The second-order valence-corrected chi connectivity index (χ2v) is 5.75. The van der Waals surface area contributed by atoms with Crippen LogP contribution in [0, 0.1) is 18.8 Å². The molecule has 0 saturated carbocycles. The Labute approximate surface area is 148 Å². The van der Waals surface area contributed by atoms with Crippen LogP contribution >= 0.6 is 0 Å². The molecule has 0 heterocycles. The Bertz CT molecular complexity index is 923. The van der Waals surface area contributed by atoms with Gasteiger partial charge in [-0.3, -0.25) is 4.79 Å². The number of ketones is 1. The molecule has 0 aliphatic rings. The van der Waals surface area contributed by atoms with Crippen molar-refractivity contribution in [2.45, 2.75) is 6.92 Å². The summed E-state index contributed by atoms with van der Waals surface area (Å²) in [5.41, 5.74) is 4.35. The van der Waals surface area contributed by atoms with Gasteiger partial charge in [-0.25, -0.2) is 0 Å². The van der Waals surface area contributed by atoms with Crippen molar-refractivity contribution in [1.29, 1.82) is 0 Å². The van der Waals surface area contributed by atoms with E-state index < -0.39 is 0 Å². The number of benzene rings is 3. The molecule has 0 bridgehead atoms. The normalized spacial score (nSPS) is 9.84. The van der Waals surface area contributed by atoms with E-state index in [4.69, 9.17) is 4.74 Å². The summed E-state index contributed by atoms with van der Waals surface area (Å²) in [6.07, 6.45) is 0. The quantitative estimate of drug-likeness (QED) is 0.518. The predicted octanol–water partition coefficient (Wildman–Crippen LogP) is 4.63. The Kier molecular flexibility index (Phi) is 4.97. The van der Waals surface area contributed by atoms with E-state index in [2.05, 4.69) is 18.8 Å². The van der Waals surface area contributed by atoms with Gasteiger partial charge in [0.2, 0.25) is 0 Å². The minimum atomic E-state index is -0.0132. The van der Waals surface area contributed by atoms with Crippen LogP contribution in [0.1, 0.15) is 32.6 Å². The van der Waals surface area contributed by atoms with Gasteiger partial charge in [-0.15, -0.1) is 0 Å². The summed E-state index contributed by atoms with van der Waals surface area (Å²) in [7, 11) is 1.60. The summed E-state index contributed by atoms with van der Waals surface area (Å²) in [5.74, 6) is 6.98. The van der Waals surface area contributed by atoms with Crippen molar-refractivity contribution in [3.05, 3.63) is 101 Å². The number of hydrogen-bond acceptors (Lipinski definition) is 2. The van der Waals surface area contributed by atoms with Crippen LogP contribution in [0.4, 0.5) is 0 Å². The van der Waals surface area contributed by atoms with Gasteiger partial charge >= 0.3 is 0 Å². The SMILES string of the molecule is COc1ccc(C(=O)c2ccc(C#Cc3ccc(C)cc3)cc2)cc1. The molecule has 0 aliphatic carbocycles. The van der Waals surface area contributed by atoms with Gasteiger partial charge in [0.1, 0.15) is 5.75 Å². The third-order valence-corrected chi connectivity index (χ3v) is 3.90. The first-order valence-electron chi connectivity index (χ1n) is 8.03. The van der Waals surface area contributed by atoms with Crippen molar-refractivity contribution in [1.82, 2.24) is 0 Å². The van der Waals surface area contributed by atoms with Gasteiger partial charge in [0.25, 0.3) is 0 Å². The van der Waals surface area contributed by atoms with E-state index >= 15 is 0 Å². The summed E-state index contributed by atoms with van der Waals surface area (Å²) in [6.45, 7) is 2.05. The summed E-state index contributed by atoms with van der Waals surface area (Å²) in [5, 5.41) is 0. The van der Waals surface area contributed by atoms with E-state index in [-0.39, 0.29) is 5.78 Å². The molecule has 0 saturated heterocycles. The summed E-state index contributed by atoms with van der Waals surface area (Å²) in [4.78, 5) is 12.5. The van der Waals surface area contributed by atoms with Crippen LogP contribution in [0.3, 0.4) is 0 Å². The number of carbonyl (C=O) groups is 1. The van der Waals surface area contributed by atoms with E-state index in [1.807, 2.05) is 48.5 Å². The lowest BCUT2D eigenvalue weighted by Crippen LogP contribution is -2.01. The molecule has 0 N–H and O–H groups in total. The third kappa shape index (κ3) is 4.16. The molecular weight excluding hydrogens is 308 g/mol. The first-order chi connectivity index (χ1) is 12.2. The molecule has 0 unspecified atom stereocenters. The van der Waals surface area contributed by atoms with Crippen molar-refractivity contribution < 1.29 is 9.53 Å². The molecule has 2 nitrogen and oxygen atoms in total. The van der Waals surface area contributed by atoms with Crippen LogP contribution in [0.25, 0.3) is 0 Å². The Hall–Kier alpha value is -3.31. The van der Waals surface area contributed by atoms with E-state index in [0.717, 1.165) is 16.9 Å². The molecule has 122 valence electrons. The molecule has 25 heavy (non-hydrogen) atoms. The van der Waals surface area contributed by atoms with Crippen molar-refractivity contribution in [2.75, 3.05) is 7.11 Å². The molecule has 0 atom stereocenters. The van der Waals surface area contributed by atoms with Gasteiger partial charge in [0, 0.05) is 22.3 Å². The lowest BCUT2D eigenvalue weighted by molar-refractivity contribution is 0.103. The smallest absolute Gasteiger partial charge is 0.193 e. The number of methoxy groups -OCH3 is 1. The van der Waals surface area contributed by atoms with E-state index in [1.165, 1.54) is 5.56 Å². The third-order valence-electron chi connectivity index (χ3n) is 3.90. The molecule has 0 spiro atoms. The fourth-order valence-electron chi connectivity index (χ4n) is 2.40. The molecule has 0 radical (unpaired) electrons. The van der Waals surface area contributed by atoms with Gasteiger partial charge in [0.05, 0.1) is 7.11 Å². The van der Waals surface area contributed by atoms with Crippen molar-refractivity contribution >= 4 is 5.78 Å². The highest BCUT2D eigenvalue weighted by molar-refractivity contribution is 6.09. The van der Waals surface area contributed by atoms with Crippen LogP contribution in [0.2, 0.25) is 0 Å². The topological polar surface area (TPSA) is 26.3 Å². The van der Waals surface area contributed by atoms with E-state index in [1.54, 1.807) is 31.4 Å². The van der Waals surface area contributed by atoms with Crippen molar-refractivity contribution in [3.63, 3.8) is 0 Å². The van der Waals surface area contributed by atoms with Gasteiger partial charge < -0.3 is 4.74 Å². The maximum absolute atomic E-state index is 12.5. The van der Waals surface area contributed by atoms with Crippen LogP contribution in [-0.2, 0) is 0 Å². The van der Waals surface area contributed by atoms with Gasteiger partial charge in [-0.2, -0.15) is 0 Å². The maximum atomic E-state index is 12.5. The largest absolute Gasteiger partial charge is 0.497 e. The van der Waals surface area contributed by atoms with Crippen LogP contribution < -0.4 is 4.74 Å². The lowest BCUT2D eigenvalue weighted by atomic mass is 10.0. The van der Waals surface area contributed by atoms with Crippen molar-refractivity contribution in [3.8, 4) is 17.6 Å². The molecule has 3 rings (SSSR count). The first-order valence-corrected chi connectivity index (χ1v) is 8.03. The summed E-state index contributed by atoms with van der Waals surface area (Å²) < 4.78 is 5.11. The highest BCUT2D eigenvalue weighted by Gasteiger charge is 2.08. The van der Waals surface area contributed by atoms with Gasteiger partial charge in [-0.05, 0) is 67.6 Å². The number of ether oxygens (including phenoxy) is 1. The first kappa shape index (κ1) is 16.5. The molecule has 0 amide bonds. The highest BCUT2D eigenvalue weighted by Crippen LogP contribution is 2.15. The van der Waals surface area contributed by atoms with Gasteiger partial charge in [0.15, 0.2) is 5.78 Å². The molecule has 3 aromatic rings. The lowest BCUT2D eigenvalue weighted by Gasteiger charge is -2.03. The molecule has 0 aliphatic heterocycles.